The standard InChI is InChI=1S/C15H20O4/c1-2-18-15-9-13(10-16)3-4-14(15)19-11-12-5-7-17-8-6-12/h3-4,9-10,12H,2,5-8,11H2,1H3. The molecular weight excluding hydrogens is 244 g/mol. The lowest BCUT2D eigenvalue weighted by molar-refractivity contribution is 0.0492. The zero-order chi connectivity index (χ0) is 13.5. The minimum Gasteiger partial charge on any atom is -0.490 e. The molecular formula is C15H20O4. The van der Waals surface area contributed by atoms with Crippen LogP contribution in [0.4, 0.5) is 0 Å². The first-order valence-corrected chi connectivity index (χ1v) is 6.76. The average Bonchev–Trinajstić information content (AvgIpc) is 2.47. The van der Waals surface area contributed by atoms with Crippen LogP contribution in [0.3, 0.4) is 0 Å². The molecule has 0 amide bonds. The number of hydrogen-bond donors (Lipinski definition) is 0. The summed E-state index contributed by atoms with van der Waals surface area (Å²) in [6.07, 6.45) is 2.89. The Hall–Kier alpha value is -1.55. The van der Waals surface area contributed by atoms with E-state index in [1.54, 1.807) is 18.2 Å². The van der Waals surface area contributed by atoms with Gasteiger partial charge in [-0.25, -0.2) is 0 Å². The van der Waals surface area contributed by atoms with Crippen molar-refractivity contribution in [1.29, 1.82) is 0 Å². The highest BCUT2D eigenvalue weighted by Gasteiger charge is 2.15. The maximum Gasteiger partial charge on any atom is 0.161 e. The normalized spacial score (nSPS) is 16.1. The van der Waals surface area contributed by atoms with Crippen molar-refractivity contribution in [1.82, 2.24) is 0 Å². The van der Waals surface area contributed by atoms with Crippen molar-refractivity contribution in [2.45, 2.75) is 19.8 Å². The summed E-state index contributed by atoms with van der Waals surface area (Å²) >= 11 is 0. The van der Waals surface area contributed by atoms with Gasteiger partial charge >= 0.3 is 0 Å². The number of benzene rings is 1. The van der Waals surface area contributed by atoms with E-state index in [9.17, 15) is 4.79 Å². The van der Waals surface area contributed by atoms with Gasteiger partial charge in [0.2, 0.25) is 0 Å². The van der Waals surface area contributed by atoms with Crippen LogP contribution in [-0.4, -0.2) is 32.7 Å². The molecule has 1 aliphatic heterocycles. The third kappa shape index (κ3) is 3.96. The summed E-state index contributed by atoms with van der Waals surface area (Å²) in [7, 11) is 0. The molecule has 4 nitrogen and oxygen atoms in total. The van der Waals surface area contributed by atoms with E-state index in [2.05, 4.69) is 0 Å². The third-order valence-electron chi connectivity index (χ3n) is 3.22. The second-order valence-corrected chi connectivity index (χ2v) is 4.62. The molecule has 0 aliphatic carbocycles. The van der Waals surface area contributed by atoms with Crippen LogP contribution in [0.2, 0.25) is 0 Å². The van der Waals surface area contributed by atoms with Gasteiger partial charge in [-0.15, -0.1) is 0 Å². The lowest BCUT2D eigenvalue weighted by atomic mass is 10.0. The van der Waals surface area contributed by atoms with Crippen molar-refractivity contribution in [2.24, 2.45) is 5.92 Å². The van der Waals surface area contributed by atoms with Gasteiger partial charge in [-0.2, -0.15) is 0 Å². The van der Waals surface area contributed by atoms with Crippen molar-refractivity contribution in [2.75, 3.05) is 26.4 Å². The minimum atomic E-state index is 0.536. The van der Waals surface area contributed by atoms with Gasteiger partial charge in [-0.3, -0.25) is 4.79 Å². The molecule has 0 aromatic heterocycles. The van der Waals surface area contributed by atoms with Gasteiger partial charge in [0.15, 0.2) is 11.5 Å². The maximum absolute atomic E-state index is 10.8. The Morgan fingerprint density at radius 3 is 2.74 bits per heavy atom. The van der Waals surface area contributed by atoms with Crippen LogP contribution in [0.1, 0.15) is 30.1 Å². The molecule has 0 radical (unpaired) electrons. The topological polar surface area (TPSA) is 44.8 Å². The molecule has 0 spiro atoms. The van der Waals surface area contributed by atoms with E-state index < -0.39 is 0 Å². The molecule has 0 saturated carbocycles. The predicted molar refractivity (Wildman–Crippen MR) is 72.0 cm³/mol. The van der Waals surface area contributed by atoms with Crippen molar-refractivity contribution in [3.05, 3.63) is 23.8 Å². The van der Waals surface area contributed by atoms with E-state index in [1.807, 2.05) is 6.92 Å². The van der Waals surface area contributed by atoms with Gasteiger partial charge in [0.05, 0.1) is 13.2 Å². The highest BCUT2D eigenvalue weighted by atomic mass is 16.5. The van der Waals surface area contributed by atoms with Gasteiger partial charge in [0, 0.05) is 18.8 Å². The summed E-state index contributed by atoms with van der Waals surface area (Å²) in [6.45, 7) is 4.77. The molecule has 1 aromatic rings. The highest BCUT2D eigenvalue weighted by molar-refractivity contribution is 5.76. The predicted octanol–water partition coefficient (Wildman–Crippen LogP) is 2.70. The molecule has 2 rings (SSSR count). The monoisotopic (exact) mass is 264 g/mol. The highest BCUT2D eigenvalue weighted by Crippen LogP contribution is 2.29. The zero-order valence-electron chi connectivity index (χ0n) is 11.3. The molecule has 0 N–H and O–H groups in total. The van der Waals surface area contributed by atoms with Crippen molar-refractivity contribution < 1.29 is 19.0 Å². The lowest BCUT2D eigenvalue weighted by Gasteiger charge is -2.22. The van der Waals surface area contributed by atoms with Crippen molar-refractivity contribution in [3.63, 3.8) is 0 Å². The molecule has 1 saturated heterocycles. The number of ether oxygens (including phenoxy) is 3. The smallest absolute Gasteiger partial charge is 0.161 e. The van der Waals surface area contributed by atoms with E-state index in [0.717, 1.165) is 32.3 Å². The summed E-state index contributed by atoms with van der Waals surface area (Å²) in [5.74, 6) is 1.88. The first-order valence-electron chi connectivity index (χ1n) is 6.76. The molecule has 1 heterocycles. The minimum absolute atomic E-state index is 0.536. The lowest BCUT2D eigenvalue weighted by Crippen LogP contribution is -2.21. The second kappa shape index (κ2) is 7.14. The van der Waals surface area contributed by atoms with Crippen LogP contribution in [-0.2, 0) is 4.74 Å². The van der Waals surface area contributed by atoms with Crippen LogP contribution >= 0.6 is 0 Å². The van der Waals surface area contributed by atoms with E-state index in [0.29, 0.717) is 36.2 Å². The average molecular weight is 264 g/mol. The van der Waals surface area contributed by atoms with Crippen molar-refractivity contribution >= 4 is 6.29 Å². The Kier molecular flexibility index (Phi) is 5.21. The summed E-state index contributed by atoms with van der Waals surface area (Å²) < 4.78 is 16.7. The van der Waals surface area contributed by atoms with Gasteiger partial charge in [0.25, 0.3) is 0 Å². The Morgan fingerprint density at radius 2 is 2.05 bits per heavy atom. The molecule has 104 valence electrons. The number of carbonyl (C=O) groups is 1. The van der Waals surface area contributed by atoms with E-state index in [1.165, 1.54) is 0 Å². The maximum atomic E-state index is 10.8. The molecule has 1 aliphatic rings. The summed E-state index contributed by atoms with van der Waals surface area (Å²) in [5, 5.41) is 0. The Labute approximate surface area is 113 Å². The number of carbonyl (C=O) groups excluding carboxylic acids is 1. The van der Waals surface area contributed by atoms with Crippen LogP contribution < -0.4 is 9.47 Å². The molecule has 1 fully saturated rings. The molecule has 1 aromatic carbocycles. The number of rotatable bonds is 6. The first-order chi connectivity index (χ1) is 9.33. The fourth-order valence-corrected chi connectivity index (χ4v) is 2.11. The number of hydrogen-bond acceptors (Lipinski definition) is 4. The van der Waals surface area contributed by atoms with Crippen LogP contribution in [0.5, 0.6) is 11.5 Å². The van der Waals surface area contributed by atoms with Crippen LogP contribution in [0.25, 0.3) is 0 Å². The van der Waals surface area contributed by atoms with E-state index in [-0.39, 0.29) is 0 Å². The molecule has 0 bridgehead atoms. The largest absolute Gasteiger partial charge is 0.490 e. The molecule has 19 heavy (non-hydrogen) atoms. The molecule has 4 heteroatoms. The molecule has 0 atom stereocenters. The summed E-state index contributed by atoms with van der Waals surface area (Å²) in [5.41, 5.74) is 0.599. The SMILES string of the molecule is CCOc1cc(C=O)ccc1OCC1CCOCC1. The first kappa shape index (κ1) is 13.9. The Bertz CT molecular complexity index is 411. The summed E-state index contributed by atoms with van der Waals surface area (Å²) in [4.78, 5) is 10.8. The van der Waals surface area contributed by atoms with Gasteiger partial charge < -0.3 is 14.2 Å². The van der Waals surface area contributed by atoms with Gasteiger partial charge in [-0.05, 0) is 43.9 Å². The second-order valence-electron chi connectivity index (χ2n) is 4.62. The number of aldehydes is 1. The zero-order valence-corrected chi connectivity index (χ0v) is 11.3. The quantitative estimate of drug-likeness (QED) is 0.741. The van der Waals surface area contributed by atoms with Crippen molar-refractivity contribution in [3.8, 4) is 11.5 Å². The fraction of sp³-hybridized carbons (Fsp3) is 0.533. The van der Waals surface area contributed by atoms with Crippen LogP contribution in [0, 0.1) is 5.92 Å². The van der Waals surface area contributed by atoms with Crippen LogP contribution in [0.15, 0.2) is 18.2 Å². The fourth-order valence-electron chi connectivity index (χ4n) is 2.11. The Morgan fingerprint density at radius 1 is 1.26 bits per heavy atom. The third-order valence-corrected chi connectivity index (χ3v) is 3.22. The van der Waals surface area contributed by atoms with Gasteiger partial charge in [0.1, 0.15) is 6.29 Å². The van der Waals surface area contributed by atoms with E-state index in [4.69, 9.17) is 14.2 Å². The molecule has 0 unspecified atom stereocenters. The van der Waals surface area contributed by atoms with E-state index >= 15 is 0 Å². The summed E-state index contributed by atoms with van der Waals surface area (Å²) in [6, 6.07) is 5.26. The van der Waals surface area contributed by atoms with Gasteiger partial charge in [-0.1, -0.05) is 0 Å². The Balaban J connectivity index is 1.99.